The summed E-state index contributed by atoms with van der Waals surface area (Å²) in [6, 6.07) is 9.58. The van der Waals surface area contributed by atoms with Gasteiger partial charge in [0.2, 0.25) is 0 Å². The van der Waals surface area contributed by atoms with Crippen molar-refractivity contribution in [2.75, 3.05) is 31.4 Å². The molecular weight excluding hydrogens is 274 g/mol. The summed E-state index contributed by atoms with van der Waals surface area (Å²) in [7, 11) is 5.57. The Kier molecular flexibility index (Phi) is 4.69. The zero-order valence-electron chi connectivity index (χ0n) is 11.9. The molecule has 1 heterocycles. The van der Waals surface area contributed by atoms with E-state index in [1.54, 1.807) is 13.3 Å². The molecule has 0 spiro atoms. The summed E-state index contributed by atoms with van der Waals surface area (Å²) < 4.78 is 5.32. The van der Waals surface area contributed by atoms with Crippen LogP contribution in [0.25, 0.3) is 0 Å². The lowest BCUT2D eigenvalue weighted by Gasteiger charge is -2.14. The average molecular weight is 292 g/mol. The van der Waals surface area contributed by atoms with Gasteiger partial charge in [-0.15, -0.1) is 0 Å². The number of halogens is 1. The first kappa shape index (κ1) is 14.5. The van der Waals surface area contributed by atoms with E-state index in [1.165, 1.54) is 0 Å². The fourth-order valence-electron chi connectivity index (χ4n) is 1.85. The van der Waals surface area contributed by atoms with Crippen LogP contribution in [0, 0.1) is 0 Å². The Morgan fingerprint density at radius 1 is 1.25 bits per heavy atom. The van der Waals surface area contributed by atoms with E-state index in [1.807, 2.05) is 49.3 Å². The molecule has 0 fully saturated rings. The number of methoxy groups -OCH3 is 1. The zero-order chi connectivity index (χ0) is 14.5. The van der Waals surface area contributed by atoms with E-state index < -0.39 is 0 Å². The maximum Gasteiger partial charge on any atom is 0.128 e. The van der Waals surface area contributed by atoms with Crippen molar-refractivity contribution in [1.82, 2.24) is 4.98 Å². The fraction of sp³-hybridized carbons (Fsp3) is 0.267. The van der Waals surface area contributed by atoms with Crippen LogP contribution >= 0.6 is 11.6 Å². The van der Waals surface area contributed by atoms with Gasteiger partial charge in [0, 0.05) is 31.2 Å². The largest absolute Gasteiger partial charge is 0.496 e. The second-order valence-corrected chi connectivity index (χ2v) is 4.98. The number of anilines is 2. The molecule has 4 nitrogen and oxygen atoms in total. The van der Waals surface area contributed by atoms with E-state index in [2.05, 4.69) is 10.3 Å². The molecule has 5 heteroatoms. The molecular formula is C15H18ClN3O. The molecule has 20 heavy (non-hydrogen) atoms. The highest BCUT2D eigenvalue weighted by Gasteiger charge is 2.07. The number of benzene rings is 1. The predicted molar refractivity (Wildman–Crippen MR) is 83.9 cm³/mol. The summed E-state index contributed by atoms with van der Waals surface area (Å²) >= 11 is 6.20. The molecule has 0 atom stereocenters. The van der Waals surface area contributed by atoms with Gasteiger partial charge in [-0.3, -0.25) is 0 Å². The van der Waals surface area contributed by atoms with Gasteiger partial charge in [-0.2, -0.15) is 0 Å². The van der Waals surface area contributed by atoms with Crippen LogP contribution in [0.3, 0.4) is 0 Å². The monoisotopic (exact) mass is 291 g/mol. The summed E-state index contributed by atoms with van der Waals surface area (Å²) in [5.41, 5.74) is 1.88. The zero-order valence-corrected chi connectivity index (χ0v) is 12.6. The van der Waals surface area contributed by atoms with Crippen LogP contribution in [0.4, 0.5) is 11.5 Å². The molecule has 0 aliphatic heterocycles. The molecule has 0 amide bonds. The smallest absolute Gasteiger partial charge is 0.128 e. The second-order valence-electron chi connectivity index (χ2n) is 4.57. The van der Waals surface area contributed by atoms with Gasteiger partial charge in [0.15, 0.2) is 0 Å². The SMILES string of the molecule is COc1cccc(Cl)c1CNc1ccc(N(C)C)nc1. The molecule has 0 saturated heterocycles. The summed E-state index contributed by atoms with van der Waals surface area (Å²) in [6.45, 7) is 0.589. The van der Waals surface area contributed by atoms with Crippen molar-refractivity contribution >= 4 is 23.1 Å². The van der Waals surface area contributed by atoms with Gasteiger partial charge in [0.05, 0.1) is 19.0 Å². The highest BCUT2D eigenvalue weighted by atomic mass is 35.5. The minimum absolute atomic E-state index is 0.589. The first-order valence-electron chi connectivity index (χ1n) is 6.30. The Labute approximate surface area is 124 Å². The maximum absolute atomic E-state index is 6.20. The Morgan fingerprint density at radius 3 is 2.65 bits per heavy atom. The number of aromatic nitrogens is 1. The first-order chi connectivity index (χ1) is 9.61. The van der Waals surface area contributed by atoms with Crippen molar-refractivity contribution in [2.24, 2.45) is 0 Å². The van der Waals surface area contributed by atoms with Gasteiger partial charge < -0.3 is 15.0 Å². The lowest BCUT2D eigenvalue weighted by atomic mass is 10.2. The highest BCUT2D eigenvalue weighted by molar-refractivity contribution is 6.31. The lowest BCUT2D eigenvalue weighted by Crippen LogP contribution is -2.10. The van der Waals surface area contributed by atoms with Crippen molar-refractivity contribution < 1.29 is 4.74 Å². The summed E-state index contributed by atoms with van der Waals surface area (Å²) in [4.78, 5) is 6.31. The summed E-state index contributed by atoms with van der Waals surface area (Å²) in [6.07, 6.45) is 1.80. The quantitative estimate of drug-likeness (QED) is 0.916. The van der Waals surface area contributed by atoms with Gasteiger partial charge in [-0.25, -0.2) is 4.98 Å². The van der Waals surface area contributed by atoms with Crippen LogP contribution in [0.1, 0.15) is 5.56 Å². The topological polar surface area (TPSA) is 37.4 Å². The molecule has 0 saturated carbocycles. The first-order valence-corrected chi connectivity index (χ1v) is 6.68. The number of hydrogen-bond donors (Lipinski definition) is 1. The maximum atomic E-state index is 6.20. The molecule has 0 bridgehead atoms. The standard InChI is InChI=1S/C15H18ClN3O/c1-19(2)15-8-7-11(9-18-15)17-10-12-13(16)5-4-6-14(12)20-3/h4-9,17H,10H2,1-3H3. The van der Waals surface area contributed by atoms with E-state index >= 15 is 0 Å². The predicted octanol–water partition coefficient (Wildman–Crippen LogP) is 3.42. The summed E-state index contributed by atoms with van der Waals surface area (Å²) in [5.74, 6) is 1.70. The molecule has 0 aliphatic rings. The van der Waals surface area contributed by atoms with E-state index in [4.69, 9.17) is 16.3 Å². The molecule has 1 N–H and O–H groups in total. The van der Waals surface area contributed by atoms with E-state index in [0.717, 1.165) is 22.8 Å². The van der Waals surface area contributed by atoms with Crippen molar-refractivity contribution in [3.8, 4) is 5.75 Å². The van der Waals surface area contributed by atoms with Gasteiger partial charge in [-0.05, 0) is 24.3 Å². The Balaban J connectivity index is 2.09. The molecule has 1 aromatic heterocycles. The van der Waals surface area contributed by atoms with Crippen LogP contribution in [-0.4, -0.2) is 26.2 Å². The normalized spacial score (nSPS) is 10.2. The minimum atomic E-state index is 0.589. The van der Waals surface area contributed by atoms with Crippen molar-refractivity contribution in [1.29, 1.82) is 0 Å². The van der Waals surface area contributed by atoms with Crippen molar-refractivity contribution in [2.45, 2.75) is 6.54 Å². The highest BCUT2D eigenvalue weighted by Crippen LogP contribution is 2.27. The molecule has 2 aromatic rings. The molecule has 1 aromatic carbocycles. The van der Waals surface area contributed by atoms with Gasteiger partial charge >= 0.3 is 0 Å². The van der Waals surface area contributed by atoms with Crippen LogP contribution in [-0.2, 0) is 6.54 Å². The van der Waals surface area contributed by atoms with E-state index in [-0.39, 0.29) is 0 Å². The van der Waals surface area contributed by atoms with Gasteiger partial charge in [0.25, 0.3) is 0 Å². The Bertz CT molecular complexity index is 570. The van der Waals surface area contributed by atoms with Crippen molar-refractivity contribution in [3.63, 3.8) is 0 Å². The Morgan fingerprint density at radius 2 is 2.05 bits per heavy atom. The molecule has 0 radical (unpaired) electrons. The van der Waals surface area contributed by atoms with Crippen LogP contribution in [0.15, 0.2) is 36.5 Å². The third-order valence-corrected chi connectivity index (χ3v) is 3.33. The number of ether oxygens (including phenoxy) is 1. The molecule has 106 valence electrons. The van der Waals surface area contributed by atoms with E-state index in [0.29, 0.717) is 11.6 Å². The lowest BCUT2D eigenvalue weighted by molar-refractivity contribution is 0.410. The second kappa shape index (κ2) is 6.48. The number of nitrogens with zero attached hydrogens (tertiary/aromatic N) is 2. The minimum Gasteiger partial charge on any atom is -0.496 e. The number of rotatable bonds is 5. The summed E-state index contributed by atoms with van der Waals surface area (Å²) in [5, 5.41) is 3.99. The number of hydrogen-bond acceptors (Lipinski definition) is 4. The third kappa shape index (κ3) is 3.33. The number of pyridine rings is 1. The van der Waals surface area contributed by atoms with E-state index in [9.17, 15) is 0 Å². The third-order valence-electron chi connectivity index (χ3n) is 2.97. The van der Waals surface area contributed by atoms with Gasteiger partial charge in [-0.1, -0.05) is 17.7 Å². The van der Waals surface area contributed by atoms with Gasteiger partial charge in [0.1, 0.15) is 11.6 Å². The van der Waals surface area contributed by atoms with Crippen LogP contribution < -0.4 is 15.0 Å². The van der Waals surface area contributed by atoms with Crippen LogP contribution in [0.5, 0.6) is 5.75 Å². The molecule has 0 aliphatic carbocycles. The number of nitrogens with one attached hydrogen (secondary N) is 1. The molecule has 0 unspecified atom stereocenters. The fourth-order valence-corrected chi connectivity index (χ4v) is 2.08. The average Bonchev–Trinajstić information content (AvgIpc) is 2.46. The van der Waals surface area contributed by atoms with Crippen LogP contribution in [0.2, 0.25) is 5.02 Å². The Hall–Kier alpha value is -1.94. The molecule has 2 rings (SSSR count). The van der Waals surface area contributed by atoms with Crippen molar-refractivity contribution in [3.05, 3.63) is 47.1 Å².